The molecule has 1 saturated heterocycles. The summed E-state index contributed by atoms with van der Waals surface area (Å²) in [5.74, 6) is 0. The molecule has 1 aromatic carbocycles. The number of hydrogen-bond acceptors (Lipinski definition) is 1. The summed E-state index contributed by atoms with van der Waals surface area (Å²) in [4.78, 5) is 0. The molecule has 108 valence electrons. The van der Waals surface area contributed by atoms with Crippen molar-refractivity contribution in [3.8, 4) is 0 Å². The molecule has 2 atom stereocenters. The molecule has 1 aromatic rings. The van der Waals surface area contributed by atoms with Crippen LogP contribution in [0.25, 0.3) is 0 Å². The molecule has 0 aromatic heterocycles. The van der Waals surface area contributed by atoms with E-state index in [2.05, 4.69) is 44.2 Å². The van der Waals surface area contributed by atoms with Crippen LogP contribution in [0.1, 0.15) is 32.3 Å². The van der Waals surface area contributed by atoms with Crippen molar-refractivity contribution in [3.05, 3.63) is 35.9 Å². The van der Waals surface area contributed by atoms with Gasteiger partial charge in [0, 0.05) is 5.56 Å². The van der Waals surface area contributed by atoms with Gasteiger partial charge in [0.25, 0.3) is 0 Å². The number of nitrogens with zero attached hydrogens (tertiary/aromatic N) is 1. The Hall–Kier alpha value is -0.570. The van der Waals surface area contributed by atoms with Crippen molar-refractivity contribution in [3.63, 3.8) is 0 Å². The van der Waals surface area contributed by atoms with Crippen LogP contribution >= 0.6 is 0 Å². The molecule has 1 aliphatic heterocycles. The maximum Gasteiger partial charge on any atom is 0.105 e. The summed E-state index contributed by atoms with van der Waals surface area (Å²) in [7, 11) is 0. The van der Waals surface area contributed by atoms with Crippen molar-refractivity contribution in [1.82, 2.24) is 0 Å². The Bertz CT molecular complexity index is 357. The lowest BCUT2D eigenvalue weighted by molar-refractivity contribution is -0.950. The minimum absolute atomic E-state index is 0. The van der Waals surface area contributed by atoms with E-state index in [1.807, 2.05) is 0 Å². The number of hydrogen-bond donors (Lipinski definition) is 0. The minimum Gasteiger partial charge on any atom is -1.00 e. The van der Waals surface area contributed by atoms with Gasteiger partial charge in [-0.3, -0.25) is 0 Å². The molecule has 1 fully saturated rings. The summed E-state index contributed by atoms with van der Waals surface area (Å²) in [6.07, 6.45) is 3.00. The van der Waals surface area contributed by atoms with Gasteiger partial charge in [-0.2, -0.15) is 0 Å². The van der Waals surface area contributed by atoms with Crippen LogP contribution in [0.5, 0.6) is 0 Å². The van der Waals surface area contributed by atoms with E-state index in [1.165, 1.54) is 36.0 Å². The minimum atomic E-state index is 0. The molecule has 2 nitrogen and oxygen atoms in total. The fourth-order valence-electron chi connectivity index (χ4n) is 3.03. The summed E-state index contributed by atoms with van der Waals surface area (Å²) >= 11 is 0. The van der Waals surface area contributed by atoms with Crippen molar-refractivity contribution in [1.29, 1.82) is 0 Å². The number of halogens is 1. The van der Waals surface area contributed by atoms with E-state index < -0.39 is 0 Å². The number of quaternary nitrogens is 1. The Morgan fingerprint density at radius 1 is 1.26 bits per heavy atom. The van der Waals surface area contributed by atoms with Crippen molar-refractivity contribution >= 4 is 0 Å². The zero-order valence-corrected chi connectivity index (χ0v) is 12.9. The molecule has 0 spiro atoms. The summed E-state index contributed by atoms with van der Waals surface area (Å²) in [5.41, 5.74) is 1.46. The Labute approximate surface area is 123 Å². The van der Waals surface area contributed by atoms with Gasteiger partial charge in [-0.15, -0.1) is 0 Å². The summed E-state index contributed by atoms with van der Waals surface area (Å²) in [6, 6.07) is 10.9. The predicted octanol–water partition coefficient (Wildman–Crippen LogP) is 0.226. The second kappa shape index (κ2) is 7.88. The fourth-order valence-corrected chi connectivity index (χ4v) is 3.03. The molecule has 0 bridgehead atoms. The number of benzene rings is 1. The molecule has 2 rings (SSSR count). The average Bonchev–Trinajstić information content (AvgIpc) is 2.38. The van der Waals surface area contributed by atoms with Crippen LogP contribution in [-0.4, -0.2) is 36.8 Å². The average molecular weight is 284 g/mol. The largest absolute Gasteiger partial charge is 1.00 e. The quantitative estimate of drug-likeness (QED) is 0.703. The van der Waals surface area contributed by atoms with Gasteiger partial charge >= 0.3 is 0 Å². The third-order valence-electron chi connectivity index (χ3n) is 3.96. The first-order chi connectivity index (χ1) is 8.74. The third kappa shape index (κ3) is 4.79. The molecule has 1 heterocycles. The van der Waals surface area contributed by atoms with E-state index in [0.29, 0.717) is 6.10 Å². The number of rotatable bonds is 5. The molecule has 0 saturated carbocycles. The number of morpholine rings is 1. The van der Waals surface area contributed by atoms with Crippen molar-refractivity contribution < 1.29 is 21.6 Å². The Kier molecular flexibility index (Phi) is 6.84. The second-order valence-corrected chi connectivity index (χ2v) is 5.65. The predicted molar refractivity (Wildman–Crippen MR) is 75.3 cm³/mol. The van der Waals surface area contributed by atoms with E-state index in [0.717, 1.165) is 19.7 Å². The monoisotopic (exact) mass is 283 g/mol. The maximum atomic E-state index is 5.74. The van der Waals surface area contributed by atoms with E-state index in [4.69, 9.17) is 4.74 Å². The first-order valence-electron chi connectivity index (χ1n) is 7.25. The van der Waals surface area contributed by atoms with E-state index in [1.54, 1.807) is 0 Å². The van der Waals surface area contributed by atoms with Crippen LogP contribution in [0.3, 0.4) is 0 Å². The Balaban J connectivity index is 0.00000180. The zero-order valence-electron chi connectivity index (χ0n) is 12.1. The van der Waals surface area contributed by atoms with Crippen LogP contribution < -0.4 is 12.4 Å². The van der Waals surface area contributed by atoms with E-state index >= 15 is 0 Å². The first kappa shape index (κ1) is 16.5. The highest BCUT2D eigenvalue weighted by molar-refractivity contribution is 5.13. The number of unbranched alkanes of at least 4 members (excludes halogenated alkanes) is 1. The van der Waals surface area contributed by atoms with Crippen molar-refractivity contribution in [2.24, 2.45) is 0 Å². The molecular formula is C16H26ClNO. The Morgan fingerprint density at radius 2 is 2.00 bits per heavy atom. The van der Waals surface area contributed by atoms with Crippen LogP contribution in [-0.2, 0) is 11.3 Å². The highest BCUT2D eigenvalue weighted by Crippen LogP contribution is 2.21. The molecular weight excluding hydrogens is 258 g/mol. The van der Waals surface area contributed by atoms with Crippen LogP contribution in [0.2, 0.25) is 0 Å². The van der Waals surface area contributed by atoms with Crippen LogP contribution in [0.15, 0.2) is 30.3 Å². The zero-order chi connectivity index (χ0) is 12.8. The highest BCUT2D eigenvalue weighted by atomic mass is 35.5. The number of ether oxygens (including phenoxy) is 1. The first-order valence-corrected chi connectivity index (χ1v) is 7.25. The van der Waals surface area contributed by atoms with Crippen LogP contribution in [0.4, 0.5) is 0 Å². The molecule has 3 heteroatoms. The van der Waals surface area contributed by atoms with Gasteiger partial charge in [-0.25, -0.2) is 0 Å². The topological polar surface area (TPSA) is 9.23 Å². The SMILES string of the molecule is CCCC[N+]1(Cc2ccccc2)CCOC(C)C1.[Cl-]. The molecule has 1 aliphatic rings. The summed E-state index contributed by atoms with van der Waals surface area (Å²) in [6.45, 7) is 10.2. The lowest BCUT2D eigenvalue weighted by Gasteiger charge is -2.43. The van der Waals surface area contributed by atoms with Gasteiger partial charge in [-0.05, 0) is 13.3 Å². The molecule has 0 amide bonds. The van der Waals surface area contributed by atoms with Gasteiger partial charge in [0.15, 0.2) is 0 Å². The van der Waals surface area contributed by atoms with Gasteiger partial charge in [-0.1, -0.05) is 43.7 Å². The lowest BCUT2D eigenvalue weighted by Crippen LogP contribution is -3.00. The summed E-state index contributed by atoms with van der Waals surface area (Å²) in [5, 5.41) is 0. The summed E-state index contributed by atoms with van der Waals surface area (Å²) < 4.78 is 6.94. The lowest BCUT2D eigenvalue weighted by atomic mass is 10.1. The second-order valence-electron chi connectivity index (χ2n) is 5.65. The van der Waals surface area contributed by atoms with Gasteiger partial charge in [0.05, 0.1) is 13.2 Å². The molecule has 0 N–H and O–H groups in total. The van der Waals surface area contributed by atoms with E-state index in [9.17, 15) is 0 Å². The molecule has 19 heavy (non-hydrogen) atoms. The third-order valence-corrected chi connectivity index (χ3v) is 3.96. The highest BCUT2D eigenvalue weighted by Gasteiger charge is 2.33. The van der Waals surface area contributed by atoms with Crippen molar-refractivity contribution in [2.75, 3.05) is 26.2 Å². The fraction of sp³-hybridized carbons (Fsp3) is 0.625. The standard InChI is InChI=1S/C16H26NO.ClH/c1-3-4-10-17(11-12-18-15(2)13-17)14-16-8-6-5-7-9-16;/h5-9,15H,3-4,10-14H2,1-2H3;1H/q+1;/p-1. The van der Waals surface area contributed by atoms with Gasteiger partial charge < -0.3 is 21.6 Å². The van der Waals surface area contributed by atoms with Crippen molar-refractivity contribution in [2.45, 2.75) is 39.3 Å². The van der Waals surface area contributed by atoms with Gasteiger partial charge in [0.1, 0.15) is 25.7 Å². The molecule has 2 unspecified atom stereocenters. The smallest absolute Gasteiger partial charge is 0.105 e. The van der Waals surface area contributed by atoms with E-state index in [-0.39, 0.29) is 12.4 Å². The molecule has 0 aliphatic carbocycles. The van der Waals surface area contributed by atoms with Crippen LogP contribution in [0, 0.1) is 0 Å². The Morgan fingerprint density at radius 3 is 2.63 bits per heavy atom. The maximum absolute atomic E-state index is 5.74. The molecule has 0 radical (unpaired) electrons. The van der Waals surface area contributed by atoms with Gasteiger partial charge in [0.2, 0.25) is 0 Å². The normalized spacial score (nSPS) is 26.7.